The molecule has 1 aliphatic heterocycles. The van der Waals surface area contributed by atoms with E-state index in [1.807, 2.05) is 37.3 Å². The number of carbonyl (C=O) groups is 1. The Labute approximate surface area is 192 Å². The zero-order valence-electron chi connectivity index (χ0n) is 18.4. The number of nitrogens with one attached hydrogen (secondary N) is 2. The maximum Gasteiger partial charge on any atom is 0.256 e. The molecule has 33 heavy (non-hydrogen) atoms. The van der Waals surface area contributed by atoms with Crippen molar-refractivity contribution in [1.29, 1.82) is 0 Å². The molecule has 1 saturated heterocycles. The molecule has 2 heterocycles. The van der Waals surface area contributed by atoms with Crippen LogP contribution in [0.25, 0.3) is 10.9 Å². The fourth-order valence-electron chi connectivity index (χ4n) is 3.92. The van der Waals surface area contributed by atoms with Crippen LogP contribution in [-0.4, -0.2) is 56.0 Å². The third-order valence-corrected chi connectivity index (χ3v) is 7.75. The van der Waals surface area contributed by atoms with Crippen molar-refractivity contribution in [3.63, 3.8) is 0 Å². The molecule has 0 saturated carbocycles. The minimum absolute atomic E-state index is 0.0236. The topological polar surface area (TPSA) is 109 Å². The molecule has 0 radical (unpaired) electrons. The number of aromatic amines is 1. The number of hydrogen-bond donors (Lipinski definition) is 2. The van der Waals surface area contributed by atoms with E-state index in [0.29, 0.717) is 31.6 Å². The number of amides is 1. The second-order valence-electron chi connectivity index (χ2n) is 8.02. The van der Waals surface area contributed by atoms with Gasteiger partial charge in [-0.2, -0.15) is 4.31 Å². The third-order valence-electron chi connectivity index (χ3n) is 5.86. The Morgan fingerprint density at radius 2 is 1.88 bits per heavy atom. The molecule has 1 atom stereocenters. The van der Waals surface area contributed by atoms with Gasteiger partial charge in [0, 0.05) is 36.2 Å². The highest BCUT2D eigenvalue weighted by Gasteiger charge is 2.27. The number of H-pyrrole nitrogens is 1. The molecule has 0 bridgehead atoms. The van der Waals surface area contributed by atoms with Crippen LogP contribution in [0.3, 0.4) is 0 Å². The van der Waals surface area contributed by atoms with Gasteiger partial charge in [0.2, 0.25) is 15.5 Å². The average Bonchev–Trinajstić information content (AvgIpc) is 2.84. The number of sulfonamides is 1. The van der Waals surface area contributed by atoms with Gasteiger partial charge in [-0.1, -0.05) is 37.3 Å². The zero-order valence-corrected chi connectivity index (χ0v) is 19.2. The summed E-state index contributed by atoms with van der Waals surface area (Å²) in [7, 11) is -3.76. The predicted molar refractivity (Wildman–Crippen MR) is 126 cm³/mol. The van der Waals surface area contributed by atoms with Crippen molar-refractivity contribution in [2.45, 2.75) is 30.7 Å². The van der Waals surface area contributed by atoms with Gasteiger partial charge in [0.1, 0.15) is 5.56 Å². The Bertz CT molecular complexity index is 1300. The first kappa shape index (κ1) is 23.2. The number of nitrogens with zero attached hydrogens (tertiary/aromatic N) is 1. The number of aromatic nitrogens is 1. The predicted octanol–water partition coefficient (Wildman–Crippen LogP) is 2.30. The highest BCUT2D eigenvalue weighted by atomic mass is 32.2. The lowest BCUT2D eigenvalue weighted by atomic mass is 10.0. The summed E-state index contributed by atoms with van der Waals surface area (Å²) in [5, 5.41) is 3.09. The largest absolute Gasteiger partial charge is 0.379 e. The Balaban J connectivity index is 1.61. The first-order chi connectivity index (χ1) is 15.9. The molecule has 0 aliphatic carbocycles. The van der Waals surface area contributed by atoms with Gasteiger partial charge < -0.3 is 15.0 Å². The summed E-state index contributed by atoms with van der Waals surface area (Å²) in [5.41, 5.74) is 1.01. The van der Waals surface area contributed by atoms with Crippen molar-refractivity contribution in [2.75, 3.05) is 26.3 Å². The standard InChI is InChI=1S/C24H27N3O5S/c1-2-18(14-17-6-4-3-5-7-17)26-24(29)21-16-25-22-9-8-19(15-20(22)23(21)28)33(30,31)27-10-12-32-13-11-27/h3-9,15-16,18H,2,10-14H2,1H3,(H,25,28)(H,26,29)/t18-/m0/s1. The number of ether oxygens (including phenoxy) is 1. The van der Waals surface area contributed by atoms with Gasteiger partial charge in [-0.25, -0.2) is 8.42 Å². The number of hydrogen-bond acceptors (Lipinski definition) is 5. The number of morpholine rings is 1. The van der Waals surface area contributed by atoms with Gasteiger partial charge in [-0.05, 0) is 36.6 Å². The number of pyridine rings is 1. The minimum Gasteiger partial charge on any atom is -0.379 e. The Kier molecular flexibility index (Phi) is 6.92. The van der Waals surface area contributed by atoms with Gasteiger partial charge in [-0.15, -0.1) is 0 Å². The molecule has 1 aliphatic rings. The highest BCUT2D eigenvalue weighted by molar-refractivity contribution is 7.89. The van der Waals surface area contributed by atoms with Crippen LogP contribution in [0.15, 0.2) is 64.4 Å². The van der Waals surface area contributed by atoms with Crippen LogP contribution in [0, 0.1) is 0 Å². The van der Waals surface area contributed by atoms with Crippen LogP contribution in [0.5, 0.6) is 0 Å². The van der Waals surface area contributed by atoms with E-state index in [9.17, 15) is 18.0 Å². The Morgan fingerprint density at radius 3 is 2.58 bits per heavy atom. The molecule has 2 N–H and O–H groups in total. The lowest BCUT2D eigenvalue weighted by Gasteiger charge is -2.26. The van der Waals surface area contributed by atoms with Crippen molar-refractivity contribution >= 4 is 26.8 Å². The molecule has 2 aromatic carbocycles. The van der Waals surface area contributed by atoms with E-state index in [0.717, 1.165) is 5.56 Å². The molecule has 1 aromatic heterocycles. The van der Waals surface area contributed by atoms with Gasteiger partial charge >= 0.3 is 0 Å². The second-order valence-corrected chi connectivity index (χ2v) is 9.96. The van der Waals surface area contributed by atoms with Crippen LogP contribution in [0.1, 0.15) is 29.3 Å². The van der Waals surface area contributed by atoms with Crippen molar-refractivity contribution < 1.29 is 17.9 Å². The molecule has 4 rings (SSSR count). The summed E-state index contributed by atoms with van der Waals surface area (Å²) in [5.74, 6) is -0.484. The summed E-state index contributed by atoms with van der Waals surface area (Å²) in [6.45, 7) is 3.16. The number of benzene rings is 2. The molecule has 9 heteroatoms. The molecule has 174 valence electrons. The fraction of sp³-hybridized carbons (Fsp3) is 0.333. The lowest BCUT2D eigenvalue weighted by Crippen LogP contribution is -2.40. The minimum atomic E-state index is -3.76. The van der Waals surface area contributed by atoms with Crippen LogP contribution >= 0.6 is 0 Å². The number of carbonyl (C=O) groups excluding carboxylic acids is 1. The van der Waals surface area contributed by atoms with Crippen molar-refractivity contribution in [3.8, 4) is 0 Å². The maximum atomic E-state index is 13.1. The van der Waals surface area contributed by atoms with Crippen LogP contribution in [-0.2, 0) is 21.2 Å². The van der Waals surface area contributed by atoms with E-state index in [2.05, 4.69) is 10.3 Å². The van der Waals surface area contributed by atoms with Crippen molar-refractivity contribution in [2.24, 2.45) is 0 Å². The summed E-state index contributed by atoms with van der Waals surface area (Å²) in [6, 6.07) is 14.0. The van der Waals surface area contributed by atoms with E-state index in [-0.39, 0.29) is 35.0 Å². The summed E-state index contributed by atoms with van der Waals surface area (Å²) in [4.78, 5) is 29.0. The summed E-state index contributed by atoms with van der Waals surface area (Å²) >= 11 is 0. The highest BCUT2D eigenvalue weighted by Crippen LogP contribution is 2.20. The molecule has 1 fully saturated rings. The van der Waals surface area contributed by atoms with E-state index < -0.39 is 21.4 Å². The molecular formula is C24H27N3O5S. The average molecular weight is 470 g/mol. The smallest absolute Gasteiger partial charge is 0.256 e. The molecular weight excluding hydrogens is 442 g/mol. The first-order valence-electron chi connectivity index (χ1n) is 11.0. The normalized spacial score (nSPS) is 15.9. The van der Waals surface area contributed by atoms with Gasteiger partial charge in [0.15, 0.2) is 0 Å². The number of fused-ring (bicyclic) bond motifs is 1. The van der Waals surface area contributed by atoms with Crippen LogP contribution < -0.4 is 10.7 Å². The molecule has 1 amide bonds. The molecule has 3 aromatic rings. The van der Waals surface area contributed by atoms with E-state index in [1.54, 1.807) is 6.07 Å². The summed E-state index contributed by atoms with van der Waals surface area (Å²) < 4.78 is 32.6. The van der Waals surface area contributed by atoms with Gasteiger partial charge in [0.25, 0.3) is 5.91 Å². The van der Waals surface area contributed by atoms with E-state index in [4.69, 9.17) is 4.74 Å². The lowest BCUT2D eigenvalue weighted by molar-refractivity contribution is 0.0730. The Morgan fingerprint density at radius 1 is 1.15 bits per heavy atom. The SMILES string of the molecule is CC[C@@H](Cc1ccccc1)NC(=O)c1c[nH]c2ccc(S(=O)(=O)N3CCOCC3)cc2c1=O. The number of rotatable bonds is 7. The maximum absolute atomic E-state index is 13.1. The third kappa shape index (κ3) is 5.00. The van der Waals surface area contributed by atoms with E-state index >= 15 is 0 Å². The summed E-state index contributed by atoms with van der Waals surface area (Å²) in [6.07, 6.45) is 2.73. The van der Waals surface area contributed by atoms with Crippen LogP contribution in [0.4, 0.5) is 0 Å². The van der Waals surface area contributed by atoms with E-state index in [1.165, 1.54) is 22.6 Å². The van der Waals surface area contributed by atoms with Gasteiger partial charge in [-0.3, -0.25) is 9.59 Å². The van der Waals surface area contributed by atoms with Crippen molar-refractivity contribution in [3.05, 3.63) is 76.1 Å². The molecule has 0 spiro atoms. The van der Waals surface area contributed by atoms with Gasteiger partial charge in [0.05, 0.1) is 18.1 Å². The fourth-order valence-corrected chi connectivity index (χ4v) is 5.36. The monoisotopic (exact) mass is 469 g/mol. The van der Waals surface area contributed by atoms with Crippen molar-refractivity contribution in [1.82, 2.24) is 14.6 Å². The quantitative estimate of drug-likeness (QED) is 0.552. The molecule has 0 unspecified atom stereocenters. The first-order valence-corrected chi connectivity index (χ1v) is 12.4. The second kappa shape index (κ2) is 9.86. The van der Waals surface area contributed by atoms with Crippen LogP contribution in [0.2, 0.25) is 0 Å². The zero-order chi connectivity index (χ0) is 23.4. The molecule has 8 nitrogen and oxygen atoms in total. The Hall–Kier alpha value is -3.01.